The number of ether oxygens (including phenoxy) is 4. The number of benzene rings is 2. The Bertz CT molecular complexity index is 891. The standard InChI is InChI=1S/C21H22N2O5/c1-3-25-19-10-15(12-22)4-6-18(19)28-13-21(24)23-14(2)16-5-7-17-20(11-16)27-9-8-26-17/h4-7,10-11,14H,3,8-9,13H2,1-2H3,(H,23,24)/t14-/m0/s1. The Morgan fingerprint density at radius 2 is 1.93 bits per heavy atom. The SMILES string of the molecule is CCOc1cc(C#N)ccc1OCC(=O)N[C@@H](C)c1ccc2c(c1)OCCO2. The largest absolute Gasteiger partial charge is 0.490 e. The quantitative estimate of drug-likeness (QED) is 0.792. The van der Waals surface area contributed by atoms with Gasteiger partial charge in [0, 0.05) is 6.07 Å². The molecular weight excluding hydrogens is 360 g/mol. The lowest BCUT2D eigenvalue weighted by atomic mass is 10.1. The highest BCUT2D eigenvalue weighted by atomic mass is 16.6. The summed E-state index contributed by atoms with van der Waals surface area (Å²) in [4.78, 5) is 12.3. The molecule has 146 valence electrons. The summed E-state index contributed by atoms with van der Waals surface area (Å²) in [7, 11) is 0. The van der Waals surface area contributed by atoms with Crippen LogP contribution < -0.4 is 24.3 Å². The fourth-order valence-electron chi connectivity index (χ4n) is 2.80. The minimum atomic E-state index is -0.269. The Morgan fingerprint density at radius 1 is 1.14 bits per heavy atom. The molecule has 1 N–H and O–H groups in total. The molecular formula is C21H22N2O5. The van der Waals surface area contributed by atoms with Crippen LogP contribution in [0.25, 0.3) is 0 Å². The molecule has 0 fully saturated rings. The lowest BCUT2D eigenvalue weighted by Gasteiger charge is -2.21. The van der Waals surface area contributed by atoms with Gasteiger partial charge in [-0.2, -0.15) is 5.26 Å². The van der Waals surface area contributed by atoms with E-state index in [-0.39, 0.29) is 18.6 Å². The molecule has 7 heteroatoms. The van der Waals surface area contributed by atoms with Crippen molar-refractivity contribution < 1.29 is 23.7 Å². The van der Waals surface area contributed by atoms with Gasteiger partial charge in [-0.05, 0) is 43.7 Å². The Labute approximate surface area is 163 Å². The van der Waals surface area contributed by atoms with E-state index in [1.165, 1.54) is 0 Å². The van der Waals surface area contributed by atoms with E-state index in [0.717, 1.165) is 5.56 Å². The number of nitrogens with zero attached hydrogens (tertiary/aromatic N) is 1. The zero-order valence-corrected chi connectivity index (χ0v) is 15.9. The fourth-order valence-corrected chi connectivity index (χ4v) is 2.80. The average molecular weight is 382 g/mol. The third kappa shape index (κ3) is 4.65. The molecule has 0 spiro atoms. The van der Waals surface area contributed by atoms with Crippen LogP contribution in [0, 0.1) is 11.3 Å². The van der Waals surface area contributed by atoms with Crippen molar-refractivity contribution in [3.8, 4) is 29.1 Å². The lowest BCUT2D eigenvalue weighted by Crippen LogP contribution is -2.31. The summed E-state index contributed by atoms with van der Waals surface area (Å²) in [5.74, 6) is 1.98. The van der Waals surface area contributed by atoms with Crippen LogP contribution in [0.3, 0.4) is 0 Å². The van der Waals surface area contributed by atoms with E-state index in [1.807, 2.05) is 38.1 Å². The van der Waals surface area contributed by atoms with Gasteiger partial charge >= 0.3 is 0 Å². The highest BCUT2D eigenvalue weighted by molar-refractivity contribution is 5.78. The van der Waals surface area contributed by atoms with Gasteiger partial charge in [0.2, 0.25) is 0 Å². The van der Waals surface area contributed by atoms with E-state index < -0.39 is 0 Å². The van der Waals surface area contributed by atoms with Crippen molar-refractivity contribution in [1.82, 2.24) is 5.32 Å². The average Bonchev–Trinajstić information content (AvgIpc) is 2.72. The summed E-state index contributed by atoms with van der Waals surface area (Å²) in [5, 5.41) is 11.9. The van der Waals surface area contributed by atoms with Crippen LogP contribution in [-0.2, 0) is 4.79 Å². The zero-order chi connectivity index (χ0) is 19.9. The highest BCUT2D eigenvalue weighted by Gasteiger charge is 2.16. The molecule has 2 aromatic rings. The summed E-state index contributed by atoms with van der Waals surface area (Å²) >= 11 is 0. The van der Waals surface area contributed by atoms with Crippen molar-refractivity contribution in [2.45, 2.75) is 19.9 Å². The predicted octanol–water partition coefficient (Wildman–Crippen LogP) is 2.98. The smallest absolute Gasteiger partial charge is 0.258 e. The second kappa shape index (κ2) is 9.00. The van der Waals surface area contributed by atoms with Gasteiger partial charge in [0.25, 0.3) is 5.91 Å². The van der Waals surface area contributed by atoms with Gasteiger partial charge in [0.1, 0.15) is 13.2 Å². The van der Waals surface area contributed by atoms with Crippen LogP contribution in [0.15, 0.2) is 36.4 Å². The molecule has 7 nitrogen and oxygen atoms in total. The van der Waals surface area contributed by atoms with Gasteiger partial charge in [-0.15, -0.1) is 0 Å². The molecule has 0 saturated heterocycles. The molecule has 0 unspecified atom stereocenters. The van der Waals surface area contributed by atoms with Crippen LogP contribution in [0.2, 0.25) is 0 Å². The van der Waals surface area contributed by atoms with Crippen LogP contribution in [0.4, 0.5) is 0 Å². The number of nitriles is 1. The van der Waals surface area contributed by atoms with Gasteiger partial charge in [0.15, 0.2) is 29.6 Å². The van der Waals surface area contributed by atoms with Crippen LogP contribution in [0.5, 0.6) is 23.0 Å². The van der Waals surface area contributed by atoms with Crippen molar-refractivity contribution in [1.29, 1.82) is 5.26 Å². The van der Waals surface area contributed by atoms with Gasteiger partial charge in [-0.3, -0.25) is 4.79 Å². The number of carbonyl (C=O) groups is 1. The number of rotatable bonds is 7. The Hall–Kier alpha value is -3.40. The molecule has 3 rings (SSSR count). The van der Waals surface area contributed by atoms with Crippen LogP contribution >= 0.6 is 0 Å². The lowest BCUT2D eigenvalue weighted by molar-refractivity contribution is -0.123. The molecule has 1 aliphatic rings. The summed E-state index contributed by atoms with van der Waals surface area (Å²) < 4.78 is 22.2. The molecule has 0 bridgehead atoms. The van der Waals surface area contributed by atoms with Crippen molar-refractivity contribution in [3.05, 3.63) is 47.5 Å². The molecule has 0 saturated carbocycles. The summed E-state index contributed by atoms with van der Waals surface area (Å²) in [6, 6.07) is 12.3. The molecule has 1 amide bonds. The molecule has 0 aromatic heterocycles. The second-order valence-corrected chi connectivity index (χ2v) is 6.19. The van der Waals surface area contributed by atoms with E-state index in [1.54, 1.807) is 18.2 Å². The highest BCUT2D eigenvalue weighted by Crippen LogP contribution is 2.32. The van der Waals surface area contributed by atoms with Gasteiger partial charge in [-0.25, -0.2) is 0 Å². The zero-order valence-electron chi connectivity index (χ0n) is 15.9. The van der Waals surface area contributed by atoms with Gasteiger partial charge in [-0.1, -0.05) is 6.07 Å². The first-order chi connectivity index (χ1) is 13.6. The maximum atomic E-state index is 12.3. The Morgan fingerprint density at radius 3 is 2.68 bits per heavy atom. The summed E-state index contributed by atoms with van der Waals surface area (Å²) in [6.45, 7) is 5.04. The second-order valence-electron chi connectivity index (χ2n) is 6.19. The summed E-state index contributed by atoms with van der Waals surface area (Å²) in [6.07, 6.45) is 0. The van der Waals surface area contributed by atoms with Crippen LogP contribution in [0.1, 0.15) is 31.0 Å². The van der Waals surface area contributed by atoms with Crippen LogP contribution in [-0.4, -0.2) is 32.3 Å². The molecule has 1 atom stereocenters. The maximum absolute atomic E-state index is 12.3. The third-order valence-corrected chi connectivity index (χ3v) is 4.18. The molecule has 1 heterocycles. The minimum Gasteiger partial charge on any atom is -0.490 e. The number of hydrogen-bond donors (Lipinski definition) is 1. The van der Waals surface area contributed by atoms with E-state index in [2.05, 4.69) is 5.32 Å². The number of fused-ring (bicyclic) bond motifs is 1. The van der Waals surface area contributed by atoms with Crippen molar-refractivity contribution in [2.75, 3.05) is 26.4 Å². The molecule has 2 aromatic carbocycles. The third-order valence-electron chi connectivity index (χ3n) is 4.18. The molecule has 0 radical (unpaired) electrons. The molecule has 1 aliphatic heterocycles. The van der Waals surface area contributed by atoms with E-state index in [9.17, 15) is 4.79 Å². The minimum absolute atomic E-state index is 0.166. The topological polar surface area (TPSA) is 89.8 Å². The van der Waals surface area contributed by atoms with E-state index in [4.69, 9.17) is 24.2 Å². The van der Waals surface area contributed by atoms with Crippen molar-refractivity contribution in [3.63, 3.8) is 0 Å². The number of hydrogen-bond acceptors (Lipinski definition) is 6. The predicted molar refractivity (Wildman–Crippen MR) is 102 cm³/mol. The normalized spacial score (nSPS) is 13.2. The monoisotopic (exact) mass is 382 g/mol. The number of carbonyl (C=O) groups excluding carboxylic acids is 1. The maximum Gasteiger partial charge on any atom is 0.258 e. The molecule has 0 aliphatic carbocycles. The first-order valence-corrected chi connectivity index (χ1v) is 9.09. The summed E-state index contributed by atoms with van der Waals surface area (Å²) in [5.41, 5.74) is 1.37. The Kier molecular flexibility index (Phi) is 6.22. The number of nitrogens with one attached hydrogen (secondary N) is 1. The first-order valence-electron chi connectivity index (χ1n) is 9.09. The fraction of sp³-hybridized carbons (Fsp3) is 0.333. The number of amides is 1. The van der Waals surface area contributed by atoms with E-state index in [0.29, 0.717) is 48.4 Å². The molecule has 28 heavy (non-hydrogen) atoms. The van der Waals surface area contributed by atoms with E-state index >= 15 is 0 Å². The van der Waals surface area contributed by atoms with Crippen molar-refractivity contribution >= 4 is 5.91 Å². The van der Waals surface area contributed by atoms with Gasteiger partial charge < -0.3 is 24.3 Å². The van der Waals surface area contributed by atoms with Crippen molar-refractivity contribution in [2.24, 2.45) is 0 Å². The first kappa shape index (κ1) is 19.4. The Balaban J connectivity index is 1.59. The van der Waals surface area contributed by atoms with Gasteiger partial charge in [0.05, 0.1) is 24.3 Å².